The molecule has 2 rings (SSSR count). The van der Waals surface area contributed by atoms with Gasteiger partial charge in [0.1, 0.15) is 5.75 Å². The molecule has 0 amide bonds. The van der Waals surface area contributed by atoms with Gasteiger partial charge in [0.15, 0.2) is 0 Å². The first-order chi connectivity index (χ1) is 10.9. The Balaban J connectivity index is 2.57. The van der Waals surface area contributed by atoms with E-state index < -0.39 is 5.97 Å². The third-order valence-corrected chi connectivity index (χ3v) is 3.50. The van der Waals surface area contributed by atoms with Gasteiger partial charge in [-0.2, -0.15) is 0 Å². The predicted octanol–water partition coefficient (Wildman–Crippen LogP) is 4.72. The number of hydrogen-bond acceptors (Lipinski definition) is 2. The third-order valence-electron chi connectivity index (χ3n) is 3.50. The van der Waals surface area contributed by atoms with Crippen LogP contribution in [0.15, 0.2) is 42.5 Å². The van der Waals surface area contributed by atoms with Gasteiger partial charge in [-0.15, -0.1) is 0 Å². The minimum atomic E-state index is -0.946. The predicted molar refractivity (Wildman–Crippen MR) is 93.6 cm³/mol. The van der Waals surface area contributed by atoms with E-state index in [1.54, 1.807) is 6.08 Å². The van der Waals surface area contributed by atoms with Crippen molar-refractivity contribution in [3.05, 3.63) is 64.7 Å². The first-order valence-corrected chi connectivity index (χ1v) is 7.66. The molecule has 0 aromatic heterocycles. The minimum absolute atomic E-state index is 0.0264. The van der Waals surface area contributed by atoms with Crippen molar-refractivity contribution < 1.29 is 14.6 Å². The third kappa shape index (κ3) is 4.22. The molecule has 3 heteroatoms. The van der Waals surface area contributed by atoms with E-state index in [0.717, 1.165) is 22.3 Å². The van der Waals surface area contributed by atoms with Gasteiger partial charge in [-0.1, -0.05) is 42.0 Å². The van der Waals surface area contributed by atoms with E-state index in [-0.39, 0.29) is 11.7 Å². The van der Waals surface area contributed by atoms with Gasteiger partial charge < -0.3 is 9.84 Å². The molecule has 2 aromatic rings. The lowest BCUT2D eigenvalue weighted by Crippen LogP contribution is -2.07. The number of carboxylic acids is 1. The highest BCUT2D eigenvalue weighted by Gasteiger charge is 2.15. The molecule has 0 atom stereocenters. The largest absolute Gasteiger partial charge is 0.490 e. The maximum absolute atomic E-state index is 11.8. The number of hydrogen-bond donors (Lipinski definition) is 1. The minimum Gasteiger partial charge on any atom is -0.490 e. The van der Waals surface area contributed by atoms with Crippen molar-refractivity contribution in [1.82, 2.24) is 0 Å². The van der Waals surface area contributed by atoms with Crippen molar-refractivity contribution in [1.29, 1.82) is 0 Å². The average Bonchev–Trinajstić information content (AvgIpc) is 2.48. The SMILES string of the molecule is Cc1ccc(C)c(/C(=C/c2ccccc2OC(C)C)C(=O)O)c1. The van der Waals surface area contributed by atoms with Crippen LogP contribution in [0.4, 0.5) is 0 Å². The molecule has 0 spiro atoms. The molecule has 0 unspecified atom stereocenters. The van der Waals surface area contributed by atoms with Crippen molar-refractivity contribution in [3.63, 3.8) is 0 Å². The number of carbonyl (C=O) groups is 1. The molecule has 1 N–H and O–H groups in total. The van der Waals surface area contributed by atoms with Crippen molar-refractivity contribution in [2.24, 2.45) is 0 Å². The first-order valence-electron chi connectivity index (χ1n) is 7.66. The smallest absolute Gasteiger partial charge is 0.336 e. The van der Waals surface area contributed by atoms with Gasteiger partial charge in [0.05, 0.1) is 11.7 Å². The Morgan fingerprint density at radius 1 is 1.13 bits per heavy atom. The van der Waals surface area contributed by atoms with Crippen LogP contribution in [0.2, 0.25) is 0 Å². The summed E-state index contributed by atoms with van der Waals surface area (Å²) in [6.07, 6.45) is 1.71. The number of ether oxygens (including phenoxy) is 1. The summed E-state index contributed by atoms with van der Waals surface area (Å²) in [5.41, 5.74) is 3.73. The Morgan fingerprint density at radius 2 is 1.83 bits per heavy atom. The van der Waals surface area contributed by atoms with Gasteiger partial charge in [0.2, 0.25) is 0 Å². The topological polar surface area (TPSA) is 46.5 Å². The summed E-state index contributed by atoms with van der Waals surface area (Å²) < 4.78 is 5.78. The van der Waals surface area contributed by atoms with E-state index in [9.17, 15) is 9.90 Å². The lowest BCUT2D eigenvalue weighted by Gasteiger charge is -2.13. The normalized spacial score (nSPS) is 11.6. The summed E-state index contributed by atoms with van der Waals surface area (Å²) in [6, 6.07) is 13.3. The van der Waals surface area contributed by atoms with Gasteiger partial charge in [-0.3, -0.25) is 0 Å². The summed E-state index contributed by atoms with van der Waals surface area (Å²) in [5.74, 6) is -0.260. The van der Waals surface area contributed by atoms with Gasteiger partial charge in [-0.25, -0.2) is 4.79 Å². The van der Waals surface area contributed by atoms with Crippen LogP contribution in [0, 0.1) is 13.8 Å². The number of aliphatic carboxylic acids is 1. The van der Waals surface area contributed by atoms with E-state index in [1.807, 2.05) is 70.2 Å². The average molecular weight is 310 g/mol. The highest BCUT2D eigenvalue weighted by Crippen LogP contribution is 2.27. The Morgan fingerprint density at radius 3 is 2.48 bits per heavy atom. The number of rotatable bonds is 5. The zero-order valence-corrected chi connectivity index (χ0v) is 14.0. The van der Waals surface area contributed by atoms with Crippen molar-refractivity contribution in [2.45, 2.75) is 33.8 Å². The van der Waals surface area contributed by atoms with Gasteiger partial charge in [-0.05, 0) is 51.0 Å². The Labute approximate surface area is 137 Å². The molecular formula is C20H22O3. The second kappa shape index (κ2) is 7.14. The fourth-order valence-electron chi connectivity index (χ4n) is 2.40. The number of para-hydroxylation sites is 1. The quantitative estimate of drug-likeness (QED) is 0.642. The molecule has 0 fully saturated rings. The van der Waals surface area contributed by atoms with E-state index in [4.69, 9.17) is 4.74 Å². The standard InChI is InChI=1S/C20H22O3/c1-13(2)23-19-8-6-5-7-16(19)12-18(20(21)22)17-11-14(3)9-10-15(17)4/h5-13H,1-4H3,(H,21,22)/b18-12-. The van der Waals surface area contributed by atoms with Crippen molar-refractivity contribution >= 4 is 17.6 Å². The summed E-state index contributed by atoms with van der Waals surface area (Å²) >= 11 is 0. The molecule has 0 radical (unpaired) electrons. The molecule has 2 aromatic carbocycles. The highest BCUT2D eigenvalue weighted by molar-refractivity contribution is 6.21. The van der Waals surface area contributed by atoms with Crippen LogP contribution >= 0.6 is 0 Å². The van der Waals surface area contributed by atoms with Crippen LogP contribution in [-0.4, -0.2) is 17.2 Å². The van der Waals surface area contributed by atoms with Gasteiger partial charge >= 0.3 is 5.97 Å². The van der Waals surface area contributed by atoms with E-state index in [1.165, 1.54) is 0 Å². The Bertz CT molecular complexity index is 742. The van der Waals surface area contributed by atoms with Crippen molar-refractivity contribution in [2.75, 3.05) is 0 Å². The lowest BCUT2D eigenvalue weighted by molar-refractivity contribution is -0.130. The first kappa shape index (κ1) is 16.8. The molecule has 0 aliphatic rings. The van der Waals surface area contributed by atoms with Gasteiger partial charge in [0, 0.05) is 5.56 Å². The molecule has 3 nitrogen and oxygen atoms in total. The molecule has 120 valence electrons. The lowest BCUT2D eigenvalue weighted by atomic mass is 9.96. The molecule has 0 saturated carbocycles. The second-order valence-electron chi connectivity index (χ2n) is 5.89. The van der Waals surface area contributed by atoms with Crippen LogP contribution in [-0.2, 0) is 4.79 Å². The second-order valence-corrected chi connectivity index (χ2v) is 5.89. The van der Waals surface area contributed by atoms with E-state index >= 15 is 0 Å². The van der Waals surface area contributed by atoms with Crippen LogP contribution < -0.4 is 4.74 Å². The Hall–Kier alpha value is -2.55. The number of benzene rings is 2. The van der Waals surface area contributed by atoms with Crippen LogP contribution in [0.25, 0.3) is 11.6 Å². The molecular weight excluding hydrogens is 288 g/mol. The highest BCUT2D eigenvalue weighted by atomic mass is 16.5. The molecule has 0 bridgehead atoms. The van der Waals surface area contributed by atoms with Crippen LogP contribution in [0.5, 0.6) is 5.75 Å². The van der Waals surface area contributed by atoms with Crippen molar-refractivity contribution in [3.8, 4) is 5.75 Å². The number of aryl methyl sites for hydroxylation is 2. The Kier molecular flexibility index (Phi) is 5.22. The molecule has 0 saturated heterocycles. The van der Waals surface area contributed by atoms with E-state index in [2.05, 4.69) is 0 Å². The maximum atomic E-state index is 11.8. The fraction of sp³-hybridized carbons (Fsp3) is 0.250. The number of carboxylic acid groups (broad SMARTS) is 1. The molecule has 0 aliphatic carbocycles. The maximum Gasteiger partial charge on any atom is 0.336 e. The summed E-state index contributed by atoms with van der Waals surface area (Å²) in [7, 11) is 0. The van der Waals surface area contributed by atoms with Crippen LogP contribution in [0.3, 0.4) is 0 Å². The van der Waals surface area contributed by atoms with Crippen LogP contribution in [0.1, 0.15) is 36.1 Å². The van der Waals surface area contributed by atoms with Gasteiger partial charge in [0.25, 0.3) is 0 Å². The summed E-state index contributed by atoms with van der Waals surface area (Å²) in [4.78, 5) is 11.8. The van der Waals surface area contributed by atoms with E-state index in [0.29, 0.717) is 5.75 Å². The molecule has 0 heterocycles. The molecule has 0 aliphatic heterocycles. The fourth-order valence-corrected chi connectivity index (χ4v) is 2.40. The summed E-state index contributed by atoms with van der Waals surface area (Å²) in [5, 5.41) is 9.67. The molecule has 23 heavy (non-hydrogen) atoms. The monoisotopic (exact) mass is 310 g/mol. The zero-order valence-electron chi connectivity index (χ0n) is 14.0. The zero-order chi connectivity index (χ0) is 17.0. The summed E-state index contributed by atoms with van der Waals surface area (Å²) in [6.45, 7) is 7.77.